The van der Waals surface area contributed by atoms with Crippen LogP contribution in [0.5, 0.6) is 0 Å². The van der Waals surface area contributed by atoms with Crippen LogP contribution in [0.15, 0.2) is 48.9 Å². The van der Waals surface area contributed by atoms with Crippen LogP contribution in [0.1, 0.15) is 57.3 Å². The summed E-state index contributed by atoms with van der Waals surface area (Å²) in [6.07, 6.45) is 7.78. The fraction of sp³-hybridized carbons (Fsp3) is 0.357. The molecule has 2 amide bonds. The van der Waals surface area contributed by atoms with Crippen LogP contribution in [-0.4, -0.2) is 62.8 Å². The Kier molecular flexibility index (Phi) is 6.28. The molecule has 3 aromatic heterocycles. The Hall–Kier alpha value is -4.28. The number of carbonyl (C=O) groups is 2. The molecule has 1 saturated heterocycles. The average molecular weight is 534 g/mol. The molecule has 2 atom stereocenters. The van der Waals surface area contributed by atoms with E-state index in [9.17, 15) is 18.4 Å². The topological polar surface area (TPSA) is 87.8 Å². The highest BCUT2D eigenvalue weighted by Gasteiger charge is 2.30. The summed E-state index contributed by atoms with van der Waals surface area (Å²) in [4.78, 5) is 29.4. The average Bonchev–Trinajstić information content (AvgIpc) is 3.67. The molecule has 0 bridgehead atoms. The fourth-order valence-electron chi connectivity index (χ4n) is 5.74. The third-order valence-corrected chi connectivity index (χ3v) is 7.69. The lowest BCUT2D eigenvalue weighted by molar-refractivity contribution is 0.0824. The van der Waals surface area contributed by atoms with Gasteiger partial charge in [-0.25, -0.2) is 13.3 Å². The number of aromatic nitrogens is 4. The van der Waals surface area contributed by atoms with Crippen LogP contribution in [-0.2, 0) is 13.0 Å². The van der Waals surface area contributed by atoms with E-state index >= 15 is 0 Å². The normalized spacial score (nSPS) is 18.8. The van der Waals surface area contributed by atoms with E-state index in [0.717, 1.165) is 23.9 Å². The molecular formula is C28H29F2N7O2. The smallest absolute Gasteiger partial charge is 0.256 e. The Morgan fingerprint density at radius 1 is 1.05 bits per heavy atom. The molecule has 39 heavy (non-hydrogen) atoms. The first-order chi connectivity index (χ1) is 18.8. The molecule has 11 heteroatoms. The van der Waals surface area contributed by atoms with E-state index in [1.54, 1.807) is 35.7 Å². The molecule has 6 rings (SSSR count). The van der Waals surface area contributed by atoms with E-state index in [1.807, 2.05) is 12.1 Å². The number of amides is 2. The van der Waals surface area contributed by atoms with Gasteiger partial charge in [0.2, 0.25) is 0 Å². The third kappa shape index (κ3) is 4.51. The van der Waals surface area contributed by atoms with Crippen molar-refractivity contribution in [2.75, 3.05) is 25.5 Å². The third-order valence-electron chi connectivity index (χ3n) is 7.69. The zero-order valence-electron chi connectivity index (χ0n) is 21.8. The molecule has 9 nitrogen and oxygen atoms in total. The minimum atomic E-state index is -0.464. The second kappa shape index (κ2) is 9.79. The van der Waals surface area contributed by atoms with Gasteiger partial charge in [0.1, 0.15) is 11.6 Å². The van der Waals surface area contributed by atoms with E-state index in [4.69, 9.17) is 0 Å². The van der Waals surface area contributed by atoms with Crippen molar-refractivity contribution in [1.29, 1.82) is 0 Å². The number of rotatable bonds is 5. The number of anilines is 1. The number of fused-ring (bicyclic) bond motifs is 2. The Morgan fingerprint density at radius 3 is 2.69 bits per heavy atom. The molecule has 0 spiro atoms. The summed E-state index contributed by atoms with van der Waals surface area (Å²) in [5.41, 5.74) is 3.70. The van der Waals surface area contributed by atoms with E-state index < -0.39 is 11.6 Å². The second-order valence-corrected chi connectivity index (χ2v) is 10.4. The number of hydrogen-bond donors (Lipinski definition) is 1. The van der Waals surface area contributed by atoms with Crippen LogP contribution in [0.25, 0.3) is 5.52 Å². The maximum absolute atomic E-state index is 14.6. The van der Waals surface area contributed by atoms with Gasteiger partial charge in [-0.3, -0.25) is 14.3 Å². The van der Waals surface area contributed by atoms with Gasteiger partial charge in [-0.15, -0.1) is 0 Å². The Labute approximate surface area is 224 Å². The second-order valence-electron chi connectivity index (χ2n) is 10.4. The minimum Gasteiger partial charge on any atom is -0.364 e. The van der Waals surface area contributed by atoms with Crippen LogP contribution in [0.3, 0.4) is 0 Å². The van der Waals surface area contributed by atoms with Gasteiger partial charge in [0.15, 0.2) is 0 Å². The van der Waals surface area contributed by atoms with Crippen molar-refractivity contribution in [3.8, 4) is 0 Å². The standard InChI is InChI=1S/C28H29F2N7O2/c1-34(2)28(39)22-15-32-37-16-18(6-8-25(22)37)33-27(38)21-14-31-36-11-9-19(13-26(21)36)35-10-3-4-24(35)20-12-17(29)5-7-23(20)30/h5,7,9,11-15,18,24H,3-4,6,8,10,16H2,1-2H3,(H,33,38)/t18?,24-/m1/s1. The van der Waals surface area contributed by atoms with Gasteiger partial charge in [0.25, 0.3) is 11.8 Å². The van der Waals surface area contributed by atoms with Crippen LogP contribution in [0, 0.1) is 11.6 Å². The first-order valence-electron chi connectivity index (χ1n) is 13.1. The monoisotopic (exact) mass is 533 g/mol. The molecule has 4 aromatic rings. The SMILES string of the molecule is CN(C)C(=O)c1cnn2c1CCC(NC(=O)c1cnn3ccc(N4CCC[C@@H]4c4cc(F)ccc4F)cc13)C2. The van der Waals surface area contributed by atoms with Gasteiger partial charge >= 0.3 is 0 Å². The van der Waals surface area contributed by atoms with Gasteiger partial charge in [-0.05, 0) is 56.0 Å². The van der Waals surface area contributed by atoms with Crippen molar-refractivity contribution in [1.82, 2.24) is 29.6 Å². The number of halogens is 2. The van der Waals surface area contributed by atoms with E-state index in [2.05, 4.69) is 20.4 Å². The molecule has 0 radical (unpaired) electrons. The number of carbonyl (C=O) groups excluding carboxylic acids is 2. The van der Waals surface area contributed by atoms with Crippen molar-refractivity contribution in [3.05, 3.63) is 82.9 Å². The fourth-order valence-corrected chi connectivity index (χ4v) is 5.74. The van der Waals surface area contributed by atoms with Crippen LogP contribution < -0.4 is 10.2 Å². The highest BCUT2D eigenvalue weighted by Crippen LogP contribution is 2.38. The van der Waals surface area contributed by atoms with Crippen molar-refractivity contribution in [2.45, 2.75) is 44.3 Å². The summed E-state index contributed by atoms with van der Waals surface area (Å²) in [7, 11) is 3.42. The lowest BCUT2D eigenvalue weighted by atomic mass is 10.0. The molecule has 1 fully saturated rings. The van der Waals surface area contributed by atoms with E-state index in [0.29, 0.717) is 54.6 Å². The van der Waals surface area contributed by atoms with Crippen molar-refractivity contribution < 1.29 is 18.4 Å². The van der Waals surface area contributed by atoms with E-state index in [1.165, 1.54) is 23.2 Å². The highest BCUT2D eigenvalue weighted by atomic mass is 19.1. The molecule has 1 unspecified atom stereocenters. The van der Waals surface area contributed by atoms with Gasteiger partial charge < -0.3 is 15.1 Å². The Balaban J connectivity index is 1.22. The molecule has 2 aliphatic rings. The summed E-state index contributed by atoms with van der Waals surface area (Å²) < 4.78 is 31.9. The molecule has 202 valence electrons. The van der Waals surface area contributed by atoms with Gasteiger partial charge in [-0.1, -0.05) is 0 Å². The maximum Gasteiger partial charge on any atom is 0.256 e. The van der Waals surface area contributed by atoms with Crippen LogP contribution >= 0.6 is 0 Å². The molecular weight excluding hydrogens is 504 g/mol. The number of nitrogens with one attached hydrogen (secondary N) is 1. The summed E-state index contributed by atoms with van der Waals surface area (Å²) in [6.45, 7) is 1.17. The molecule has 1 aromatic carbocycles. The summed E-state index contributed by atoms with van der Waals surface area (Å²) in [5.74, 6) is -1.22. The van der Waals surface area contributed by atoms with Crippen molar-refractivity contribution in [2.24, 2.45) is 0 Å². The summed E-state index contributed by atoms with van der Waals surface area (Å²) in [5, 5.41) is 11.8. The van der Waals surface area contributed by atoms with Gasteiger partial charge in [-0.2, -0.15) is 10.2 Å². The predicted molar refractivity (Wildman–Crippen MR) is 141 cm³/mol. The van der Waals surface area contributed by atoms with Gasteiger partial charge in [0, 0.05) is 44.1 Å². The molecule has 2 aliphatic heterocycles. The largest absolute Gasteiger partial charge is 0.364 e. The number of hydrogen-bond acceptors (Lipinski definition) is 5. The zero-order valence-corrected chi connectivity index (χ0v) is 21.8. The highest BCUT2D eigenvalue weighted by molar-refractivity contribution is 6.01. The quantitative estimate of drug-likeness (QED) is 0.424. The predicted octanol–water partition coefficient (Wildman–Crippen LogP) is 3.60. The Bertz CT molecular complexity index is 1580. The molecule has 0 aliphatic carbocycles. The first-order valence-corrected chi connectivity index (χ1v) is 13.1. The lowest BCUT2D eigenvalue weighted by Gasteiger charge is -2.28. The lowest BCUT2D eigenvalue weighted by Crippen LogP contribution is -2.41. The molecule has 0 saturated carbocycles. The molecule has 1 N–H and O–H groups in total. The summed E-state index contributed by atoms with van der Waals surface area (Å²) >= 11 is 0. The Morgan fingerprint density at radius 2 is 1.87 bits per heavy atom. The van der Waals surface area contributed by atoms with E-state index in [-0.39, 0.29) is 23.9 Å². The van der Waals surface area contributed by atoms with Gasteiger partial charge in [0.05, 0.1) is 47.3 Å². The van der Waals surface area contributed by atoms with Crippen LogP contribution in [0.2, 0.25) is 0 Å². The number of benzene rings is 1. The van der Waals surface area contributed by atoms with Crippen molar-refractivity contribution >= 4 is 23.0 Å². The van der Waals surface area contributed by atoms with Crippen LogP contribution in [0.4, 0.5) is 14.5 Å². The number of nitrogens with zero attached hydrogens (tertiary/aromatic N) is 6. The maximum atomic E-state index is 14.6. The zero-order chi connectivity index (χ0) is 27.3. The minimum absolute atomic E-state index is 0.0822. The van der Waals surface area contributed by atoms with Crippen molar-refractivity contribution in [3.63, 3.8) is 0 Å². The molecule has 5 heterocycles. The first kappa shape index (κ1) is 25.0. The summed E-state index contributed by atoms with van der Waals surface area (Å²) in [6, 6.07) is 6.88. The number of pyridine rings is 1.